The molecule has 0 spiro atoms. The Morgan fingerprint density at radius 1 is 1.59 bits per heavy atom. The minimum absolute atomic E-state index is 0.0225. The van der Waals surface area contributed by atoms with Crippen LogP contribution in [0.25, 0.3) is 0 Å². The number of pyridine rings is 1. The fourth-order valence-electron chi connectivity index (χ4n) is 1.35. The Bertz CT molecular complexity index is 473. The lowest BCUT2D eigenvalue weighted by Crippen LogP contribution is -2.19. The van der Waals surface area contributed by atoms with E-state index in [2.05, 4.69) is 4.74 Å². The lowest BCUT2D eigenvalue weighted by Gasteiger charge is -2.11. The molecule has 0 atom stereocenters. The largest absolute Gasteiger partial charge is 0.461 e. The standard InChI is InChI=1S/C10H10ClF2NO3/c1-2-17-10(16)8-7(9(12)13)5(4-11)3-6(15)14-8/h3,9H,2,4H2,1H3,(H,14,15). The van der Waals surface area contributed by atoms with Gasteiger partial charge >= 0.3 is 5.97 Å². The molecule has 1 aromatic heterocycles. The summed E-state index contributed by atoms with van der Waals surface area (Å²) in [6, 6.07) is 0.942. The number of carbonyl (C=O) groups is 1. The molecule has 0 saturated heterocycles. The van der Waals surface area contributed by atoms with E-state index in [1.54, 1.807) is 0 Å². The zero-order chi connectivity index (χ0) is 13.0. The second-order valence-corrected chi connectivity index (χ2v) is 3.37. The SMILES string of the molecule is CCOC(=O)c1[nH]c(=O)cc(CCl)c1C(F)F. The van der Waals surface area contributed by atoms with Crippen LogP contribution in [0.5, 0.6) is 0 Å². The first-order chi connectivity index (χ1) is 8.01. The number of halogens is 3. The van der Waals surface area contributed by atoms with E-state index in [0.717, 1.165) is 6.07 Å². The van der Waals surface area contributed by atoms with Gasteiger partial charge in [0, 0.05) is 11.9 Å². The molecule has 0 aromatic carbocycles. The van der Waals surface area contributed by atoms with Crippen molar-refractivity contribution in [1.82, 2.24) is 4.98 Å². The second kappa shape index (κ2) is 5.77. The van der Waals surface area contributed by atoms with Gasteiger partial charge in [0.2, 0.25) is 5.56 Å². The van der Waals surface area contributed by atoms with Crippen LogP contribution in [0.15, 0.2) is 10.9 Å². The van der Waals surface area contributed by atoms with Crippen LogP contribution in [0, 0.1) is 0 Å². The highest BCUT2D eigenvalue weighted by Gasteiger charge is 2.24. The quantitative estimate of drug-likeness (QED) is 0.671. The number of carbonyl (C=O) groups excluding carboxylic acids is 1. The van der Waals surface area contributed by atoms with Crippen molar-refractivity contribution < 1.29 is 18.3 Å². The highest BCUT2D eigenvalue weighted by molar-refractivity contribution is 6.17. The van der Waals surface area contributed by atoms with E-state index in [4.69, 9.17) is 11.6 Å². The first-order valence-corrected chi connectivity index (χ1v) is 5.32. The monoisotopic (exact) mass is 265 g/mol. The number of aromatic amines is 1. The third kappa shape index (κ3) is 3.03. The first-order valence-electron chi connectivity index (χ1n) is 4.78. The Kier molecular flexibility index (Phi) is 4.62. The third-order valence-corrected chi connectivity index (χ3v) is 2.30. The molecule has 0 bridgehead atoms. The molecule has 17 heavy (non-hydrogen) atoms. The summed E-state index contributed by atoms with van der Waals surface area (Å²) in [5.41, 5.74) is -1.87. The Hall–Kier alpha value is -1.43. The van der Waals surface area contributed by atoms with Gasteiger partial charge in [-0.05, 0) is 12.5 Å². The number of alkyl halides is 3. The minimum atomic E-state index is -2.92. The number of H-pyrrole nitrogens is 1. The van der Waals surface area contributed by atoms with Crippen LogP contribution in [0.1, 0.15) is 35.0 Å². The Morgan fingerprint density at radius 2 is 2.24 bits per heavy atom. The molecule has 0 unspecified atom stereocenters. The molecule has 0 saturated carbocycles. The molecule has 1 rings (SSSR count). The predicted octanol–water partition coefficient (Wildman–Crippen LogP) is 2.23. The molecule has 1 N–H and O–H groups in total. The minimum Gasteiger partial charge on any atom is -0.461 e. The van der Waals surface area contributed by atoms with E-state index in [1.807, 2.05) is 4.98 Å². The van der Waals surface area contributed by atoms with E-state index in [0.29, 0.717) is 0 Å². The second-order valence-electron chi connectivity index (χ2n) is 3.10. The summed E-state index contributed by atoms with van der Waals surface area (Å²) in [5.74, 6) is -1.28. The third-order valence-electron chi connectivity index (χ3n) is 2.01. The van der Waals surface area contributed by atoms with Crippen LogP contribution < -0.4 is 5.56 Å². The van der Waals surface area contributed by atoms with Crippen molar-refractivity contribution >= 4 is 17.6 Å². The van der Waals surface area contributed by atoms with Gasteiger partial charge in [0.05, 0.1) is 12.2 Å². The Labute approximate surface area is 101 Å². The number of nitrogens with one attached hydrogen (secondary N) is 1. The van der Waals surface area contributed by atoms with Gasteiger partial charge in [-0.3, -0.25) is 4.79 Å². The fourth-order valence-corrected chi connectivity index (χ4v) is 1.57. The maximum atomic E-state index is 12.8. The average molecular weight is 266 g/mol. The molecule has 94 valence electrons. The van der Waals surface area contributed by atoms with Crippen molar-refractivity contribution in [1.29, 1.82) is 0 Å². The van der Waals surface area contributed by atoms with Gasteiger partial charge in [0.1, 0.15) is 5.69 Å². The van der Waals surface area contributed by atoms with Crippen molar-refractivity contribution in [2.45, 2.75) is 19.2 Å². The molecule has 0 aliphatic rings. The zero-order valence-electron chi connectivity index (χ0n) is 8.93. The normalized spacial score (nSPS) is 10.6. The lowest BCUT2D eigenvalue weighted by molar-refractivity contribution is 0.0506. The molecule has 1 heterocycles. The molecule has 1 aromatic rings. The van der Waals surface area contributed by atoms with Crippen LogP contribution in [-0.2, 0) is 10.6 Å². The van der Waals surface area contributed by atoms with Crippen molar-refractivity contribution in [3.05, 3.63) is 33.2 Å². The predicted molar refractivity (Wildman–Crippen MR) is 57.5 cm³/mol. The van der Waals surface area contributed by atoms with Gasteiger partial charge in [-0.2, -0.15) is 0 Å². The van der Waals surface area contributed by atoms with Crippen molar-refractivity contribution in [3.8, 4) is 0 Å². The molecule has 7 heteroatoms. The topological polar surface area (TPSA) is 59.2 Å². The number of ether oxygens (including phenoxy) is 1. The van der Waals surface area contributed by atoms with E-state index in [1.165, 1.54) is 6.92 Å². The molecule has 0 amide bonds. The summed E-state index contributed by atoms with van der Waals surface area (Å²) in [7, 11) is 0. The van der Waals surface area contributed by atoms with E-state index >= 15 is 0 Å². The number of hydrogen-bond donors (Lipinski definition) is 1. The summed E-state index contributed by atoms with van der Waals surface area (Å²) in [4.78, 5) is 24.7. The number of aromatic nitrogens is 1. The molecule has 0 radical (unpaired) electrons. The van der Waals surface area contributed by atoms with Crippen LogP contribution in [-0.4, -0.2) is 17.6 Å². The van der Waals surface area contributed by atoms with Crippen molar-refractivity contribution in [2.75, 3.05) is 6.61 Å². The van der Waals surface area contributed by atoms with E-state index in [-0.39, 0.29) is 18.1 Å². The molecule has 4 nitrogen and oxygen atoms in total. The van der Waals surface area contributed by atoms with Gasteiger partial charge in [0.15, 0.2) is 0 Å². The maximum absolute atomic E-state index is 12.8. The first kappa shape index (κ1) is 13.6. The van der Waals surface area contributed by atoms with Crippen LogP contribution in [0.4, 0.5) is 8.78 Å². The lowest BCUT2D eigenvalue weighted by atomic mass is 10.1. The van der Waals surface area contributed by atoms with Crippen LogP contribution in [0.3, 0.4) is 0 Å². The van der Waals surface area contributed by atoms with Gasteiger partial charge in [-0.15, -0.1) is 11.6 Å². The number of hydrogen-bond acceptors (Lipinski definition) is 3. The summed E-state index contributed by atoms with van der Waals surface area (Å²) in [6.45, 7) is 1.55. The molecule has 0 fully saturated rings. The molecule has 0 aliphatic carbocycles. The summed E-state index contributed by atoms with van der Waals surface area (Å²) in [5, 5.41) is 0. The Balaban J connectivity index is 3.40. The van der Waals surface area contributed by atoms with Gasteiger partial charge in [-0.1, -0.05) is 0 Å². The molecular formula is C10H10ClF2NO3. The van der Waals surface area contributed by atoms with Crippen LogP contribution in [0.2, 0.25) is 0 Å². The van der Waals surface area contributed by atoms with Gasteiger partial charge in [0.25, 0.3) is 6.43 Å². The van der Waals surface area contributed by atoms with Crippen molar-refractivity contribution in [2.24, 2.45) is 0 Å². The summed E-state index contributed by atoms with van der Waals surface area (Å²) < 4.78 is 30.2. The van der Waals surface area contributed by atoms with E-state index in [9.17, 15) is 18.4 Å². The summed E-state index contributed by atoms with van der Waals surface area (Å²) in [6.07, 6.45) is -2.92. The zero-order valence-corrected chi connectivity index (χ0v) is 9.68. The molecule has 0 aliphatic heterocycles. The van der Waals surface area contributed by atoms with Crippen LogP contribution >= 0.6 is 11.6 Å². The van der Waals surface area contributed by atoms with Gasteiger partial charge in [-0.25, -0.2) is 13.6 Å². The fraction of sp³-hybridized carbons (Fsp3) is 0.400. The highest BCUT2D eigenvalue weighted by atomic mass is 35.5. The molecular weight excluding hydrogens is 256 g/mol. The number of esters is 1. The van der Waals surface area contributed by atoms with E-state index < -0.39 is 29.2 Å². The average Bonchev–Trinajstić information content (AvgIpc) is 2.27. The summed E-state index contributed by atoms with van der Waals surface area (Å²) >= 11 is 5.46. The van der Waals surface area contributed by atoms with Gasteiger partial charge < -0.3 is 9.72 Å². The highest BCUT2D eigenvalue weighted by Crippen LogP contribution is 2.26. The Morgan fingerprint density at radius 3 is 2.71 bits per heavy atom. The number of rotatable bonds is 4. The van der Waals surface area contributed by atoms with Crippen molar-refractivity contribution in [3.63, 3.8) is 0 Å². The maximum Gasteiger partial charge on any atom is 0.355 e. The smallest absolute Gasteiger partial charge is 0.355 e.